The maximum atomic E-state index is 12.3. The fourth-order valence-electron chi connectivity index (χ4n) is 2.35. The lowest BCUT2D eigenvalue weighted by Gasteiger charge is -2.32. The van der Waals surface area contributed by atoms with Crippen LogP contribution < -0.4 is 0 Å². The van der Waals surface area contributed by atoms with Gasteiger partial charge in [0.2, 0.25) is 0 Å². The molecule has 0 bridgehead atoms. The summed E-state index contributed by atoms with van der Waals surface area (Å²) in [5.74, 6) is -1.23. The summed E-state index contributed by atoms with van der Waals surface area (Å²) in [6, 6.07) is 2.84. The van der Waals surface area contributed by atoms with Crippen LogP contribution >= 0.6 is 0 Å². The van der Waals surface area contributed by atoms with Crippen molar-refractivity contribution in [2.45, 2.75) is 18.9 Å². The molecule has 1 aromatic rings. The van der Waals surface area contributed by atoms with Gasteiger partial charge in [0.15, 0.2) is 0 Å². The molecule has 1 N–H and O–H groups in total. The molecule has 0 aromatic carbocycles. The van der Waals surface area contributed by atoms with Gasteiger partial charge in [-0.05, 0) is 25.0 Å². The van der Waals surface area contributed by atoms with Gasteiger partial charge in [0, 0.05) is 26.4 Å². The van der Waals surface area contributed by atoms with E-state index in [1.807, 2.05) is 0 Å². The first-order chi connectivity index (χ1) is 10.6. The number of likely N-dealkylation sites (tertiary alicyclic amines) is 1. The zero-order chi connectivity index (χ0) is 15.9. The van der Waals surface area contributed by atoms with Crippen LogP contribution in [0.5, 0.6) is 0 Å². The molecule has 0 atom stereocenters. The minimum absolute atomic E-state index is 0.0678. The highest BCUT2D eigenvalue weighted by atomic mass is 16.5. The highest BCUT2D eigenvalue weighted by Gasteiger charge is 2.24. The van der Waals surface area contributed by atoms with Gasteiger partial charge in [-0.15, -0.1) is 0 Å². The monoisotopic (exact) mass is 308 g/mol. The van der Waals surface area contributed by atoms with Crippen LogP contribution in [-0.2, 0) is 9.47 Å². The molecule has 0 saturated carbocycles. The molecule has 120 valence electrons. The van der Waals surface area contributed by atoms with E-state index in [9.17, 15) is 9.59 Å². The molecular formula is C15H20N2O5. The molecule has 1 saturated heterocycles. The van der Waals surface area contributed by atoms with Crippen LogP contribution in [0.3, 0.4) is 0 Å². The minimum Gasteiger partial charge on any atom is -0.477 e. The average molecular weight is 308 g/mol. The van der Waals surface area contributed by atoms with Crippen LogP contribution in [0.15, 0.2) is 18.3 Å². The summed E-state index contributed by atoms with van der Waals surface area (Å²) in [5.41, 5.74) is 0.338. The van der Waals surface area contributed by atoms with Gasteiger partial charge >= 0.3 is 5.97 Å². The standard InChI is InChI=1S/C15H20N2O5/c1-21-8-9-22-12-4-6-17(7-5-12)14(18)11-2-3-13(15(19)20)16-10-11/h2-3,10,12H,4-9H2,1H3,(H,19,20). The molecule has 1 fully saturated rings. The van der Waals surface area contributed by atoms with Gasteiger partial charge in [-0.1, -0.05) is 0 Å². The second-order valence-electron chi connectivity index (χ2n) is 5.09. The SMILES string of the molecule is COCCOC1CCN(C(=O)c2ccc(C(=O)O)nc2)CC1. The van der Waals surface area contributed by atoms with Gasteiger partial charge in [-0.25, -0.2) is 9.78 Å². The maximum absolute atomic E-state index is 12.3. The van der Waals surface area contributed by atoms with Crippen LogP contribution in [0.25, 0.3) is 0 Å². The molecule has 22 heavy (non-hydrogen) atoms. The van der Waals surface area contributed by atoms with Crippen molar-refractivity contribution < 1.29 is 24.2 Å². The van der Waals surface area contributed by atoms with Crippen LogP contribution in [0.1, 0.15) is 33.7 Å². The predicted molar refractivity (Wildman–Crippen MR) is 77.9 cm³/mol. The van der Waals surface area contributed by atoms with Gasteiger partial charge in [0.05, 0.1) is 24.9 Å². The molecule has 2 rings (SSSR count). The van der Waals surface area contributed by atoms with Gasteiger partial charge in [0.1, 0.15) is 5.69 Å². The topological polar surface area (TPSA) is 89.0 Å². The molecule has 1 amide bonds. The number of hydrogen-bond acceptors (Lipinski definition) is 5. The van der Waals surface area contributed by atoms with E-state index in [-0.39, 0.29) is 17.7 Å². The normalized spacial score (nSPS) is 15.8. The number of pyridine rings is 1. The Morgan fingerprint density at radius 2 is 2.05 bits per heavy atom. The van der Waals surface area contributed by atoms with Crippen LogP contribution in [0, 0.1) is 0 Å². The van der Waals surface area contributed by atoms with Crippen LogP contribution in [0.2, 0.25) is 0 Å². The molecular weight excluding hydrogens is 288 g/mol. The molecule has 0 unspecified atom stereocenters. The van der Waals surface area contributed by atoms with Crippen molar-refractivity contribution in [2.24, 2.45) is 0 Å². The summed E-state index contributed by atoms with van der Waals surface area (Å²) in [5, 5.41) is 8.80. The minimum atomic E-state index is -1.10. The maximum Gasteiger partial charge on any atom is 0.354 e. The Morgan fingerprint density at radius 1 is 1.32 bits per heavy atom. The number of hydrogen-bond donors (Lipinski definition) is 1. The Morgan fingerprint density at radius 3 is 2.59 bits per heavy atom. The Hall–Kier alpha value is -1.99. The van der Waals surface area contributed by atoms with E-state index in [1.165, 1.54) is 18.3 Å². The number of amides is 1. The number of aromatic nitrogens is 1. The Bertz CT molecular complexity index is 509. The Kier molecular flexibility index (Phi) is 5.85. The summed E-state index contributed by atoms with van der Waals surface area (Å²) in [4.78, 5) is 28.6. The zero-order valence-corrected chi connectivity index (χ0v) is 12.5. The van der Waals surface area contributed by atoms with Gasteiger partial charge in [0.25, 0.3) is 5.91 Å². The van der Waals surface area contributed by atoms with E-state index in [0.717, 1.165) is 12.8 Å². The molecule has 0 aliphatic carbocycles. The summed E-state index contributed by atoms with van der Waals surface area (Å²) in [7, 11) is 1.63. The number of carbonyl (C=O) groups is 2. The molecule has 2 heterocycles. The molecule has 0 spiro atoms. The fourth-order valence-corrected chi connectivity index (χ4v) is 2.35. The molecule has 1 aliphatic rings. The lowest BCUT2D eigenvalue weighted by molar-refractivity contribution is -0.0122. The van der Waals surface area contributed by atoms with E-state index in [0.29, 0.717) is 31.9 Å². The number of methoxy groups -OCH3 is 1. The number of rotatable bonds is 6. The van der Waals surface area contributed by atoms with Crippen molar-refractivity contribution in [1.29, 1.82) is 0 Å². The first-order valence-electron chi connectivity index (χ1n) is 7.21. The van der Waals surface area contributed by atoms with Gasteiger partial charge in [-0.3, -0.25) is 4.79 Å². The number of carboxylic acid groups (broad SMARTS) is 1. The predicted octanol–water partition coefficient (Wildman–Crippen LogP) is 1.05. The largest absolute Gasteiger partial charge is 0.477 e. The molecule has 7 heteroatoms. The van der Waals surface area contributed by atoms with Crippen molar-refractivity contribution in [1.82, 2.24) is 9.88 Å². The number of nitrogens with zero attached hydrogens (tertiary/aromatic N) is 2. The van der Waals surface area contributed by atoms with Crippen molar-refractivity contribution in [3.8, 4) is 0 Å². The molecule has 7 nitrogen and oxygen atoms in total. The van der Waals surface area contributed by atoms with E-state index >= 15 is 0 Å². The third-order valence-corrected chi connectivity index (χ3v) is 3.60. The third-order valence-electron chi connectivity index (χ3n) is 3.60. The van der Waals surface area contributed by atoms with E-state index in [1.54, 1.807) is 12.0 Å². The van der Waals surface area contributed by atoms with Gasteiger partial charge in [-0.2, -0.15) is 0 Å². The summed E-state index contributed by atoms with van der Waals surface area (Å²) in [6.07, 6.45) is 3.05. The molecule has 1 aromatic heterocycles. The lowest BCUT2D eigenvalue weighted by atomic mass is 10.1. The van der Waals surface area contributed by atoms with Crippen molar-refractivity contribution in [3.63, 3.8) is 0 Å². The first kappa shape index (κ1) is 16.4. The third kappa shape index (κ3) is 4.25. The quantitative estimate of drug-likeness (QED) is 0.790. The summed E-state index contributed by atoms with van der Waals surface area (Å²) >= 11 is 0. The Labute approximate surface area is 128 Å². The average Bonchev–Trinajstić information content (AvgIpc) is 2.55. The number of carbonyl (C=O) groups excluding carboxylic acids is 1. The molecule has 1 aliphatic heterocycles. The summed E-state index contributed by atoms with van der Waals surface area (Å²) in [6.45, 7) is 2.38. The van der Waals surface area contributed by atoms with E-state index in [4.69, 9.17) is 14.6 Å². The fraction of sp³-hybridized carbons (Fsp3) is 0.533. The number of ether oxygens (including phenoxy) is 2. The number of aromatic carboxylic acids is 1. The van der Waals surface area contributed by atoms with Crippen molar-refractivity contribution >= 4 is 11.9 Å². The second kappa shape index (κ2) is 7.86. The smallest absolute Gasteiger partial charge is 0.354 e. The summed E-state index contributed by atoms with van der Waals surface area (Å²) < 4.78 is 10.6. The van der Waals surface area contributed by atoms with Crippen LogP contribution in [-0.4, -0.2) is 66.4 Å². The van der Waals surface area contributed by atoms with E-state index in [2.05, 4.69) is 4.98 Å². The van der Waals surface area contributed by atoms with Crippen molar-refractivity contribution in [3.05, 3.63) is 29.6 Å². The molecule has 0 radical (unpaired) electrons. The van der Waals surface area contributed by atoms with Crippen molar-refractivity contribution in [2.75, 3.05) is 33.4 Å². The Balaban J connectivity index is 1.85. The first-order valence-corrected chi connectivity index (χ1v) is 7.21. The highest BCUT2D eigenvalue weighted by molar-refractivity contribution is 5.94. The number of carboxylic acids is 1. The van der Waals surface area contributed by atoms with E-state index < -0.39 is 5.97 Å². The second-order valence-corrected chi connectivity index (χ2v) is 5.09. The van der Waals surface area contributed by atoms with Crippen LogP contribution in [0.4, 0.5) is 0 Å². The zero-order valence-electron chi connectivity index (χ0n) is 12.5. The van der Waals surface area contributed by atoms with Gasteiger partial charge < -0.3 is 19.5 Å². The number of piperidine rings is 1. The highest BCUT2D eigenvalue weighted by Crippen LogP contribution is 2.16. The lowest BCUT2D eigenvalue weighted by Crippen LogP contribution is -2.41.